The van der Waals surface area contributed by atoms with E-state index in [1.807, 2.05) is 12.1 Å². The second-order valence-electron chi connectivity index (χ2n) is 7.00. The zero-order chi connectivity index (χ0) is 21.5. The highest BCUT2D eigenvalue weighted by atomic mass is 19.1. The van der Waals surface area contributed by atoms with E-state index in [0.717, 1.165) is 17.7 Å². The Balaban J connectivity index is 1.49. The molecule has 0 aromatic heterocycles. The molecule has 1 aliphatic rings. The van der Waals surface area contributed by atoms with Gasteiger partial charge in [0, 0.05) is 31.6 Å². The molecule has 0 atom stereocenters. The van der Waals surface area contributed by atoms with Crippen molar-refractivity contribution in [2.24, 2.45) is 5.92 Å². The maximum Gasteiger partial charge on any atom is 0.256 e. The number of benzene rings is 2. The first-order chi connectivity index (χ1) is 14.5. The van der Waals surface area contributed by atoms with Gasteiger partial charge in [-0.25, -0.2) is 8.78 Å². The predicted molar refractivity (Wildman–Crippen MR) is 104 cm³/mol. The van der Waals surface area contributed by atoms with E-state index in [1.54, 1.807) is 18.2 Å². The number of piperidine rings is 1. The van der Waals surface area contributed by atoms with Gasteiger partial charge in [0.25, 0.3) is 5.91 Å². The number of rotatable bonds is 6. The van der Waals surface area contributed by atoms with Gasteiger partial charge in [0.1, 0.15) is 23.5 Å². The number of nitriles is 1. The SMILES string of the molecule is N#CCOc1cccc(CNC(=O)C2CCN(C(=O)c3ccc(F)cc3F)CC2)c1. The first-order valence-electron chi connectivity index (χ1n) is 9.58. The second-order valence-corrected chi connectivity index (χ2v) is 7.00. The van der Waals surface area contributed by atoms with E-state index in [0.29, 0.717) is 44.3 Å². The second kappa shape index (κ2) is 9.83. The van der Waals surface area contributed by atoms with Gasteiger partial charge in [-0.05, 0) is 42.7 Å². The lowest BCUT2D eigenvalue weighted by molar-refractivity contribution is -0.126. The van der Waals surface area contributed by atoms with Crippen LogP contribution in [-0.2, 0) is 11.3 Å². The zero-order valence-corrected chi connectivity index (χ0v) is 16.2. The van der Waals surface area contributed by atoms with Gasteiger partial charge >= 0.3 is 0 Å². The number of ether oxygens (including phenoxy) is 1. The van der Waals surface area contributed by atoms with Crippen molar-refractivity contribution < 1.29 is 23.1 Å². The van der Waals surface area contributed by atoms with E-state index in [2.05, 4.69) is 5.32 Å². The number of carbonyl (C=O) groups excluding carboxylic acids is 2. The number of hydrogen-bond acceptors (Lipinski definition) is 4. The Hall–Kier alpha value is -3.47. The molecule has 2 aromatic carbocycles. The summed E-state index contributed by atoms with van der Waals surface area (Å²) >= 11 is 0. The summed E-state index contributed by atoms with van der Waals surface area (Å²) in [6.07, 6.45) is 0.928. The molecule has 0 spiro atoms. The molecule has 3 rings (SSSR count). The lowest BCUT2D eigenvalue weighted by atomic mass is 9.95. The minimum absolute atomic E-state index is 0.0467. The highest BCUT2D eigenvalue weighted by Gasteiger charge is 2.28. The normalized spacial score (nSPS) is 14.1. The van der Waals surface area contributed by atoms with E-state index in [-0.39, 0.29) is 24.0 Å². The molecule has 0 unspecified atom stereocenters. The van der Waals surface area contributed by atoms with Gasteiger partial charge in [-0.15, -0.1) is 0 Å². The first-order valence-corrected chi connectivity index (χ1v) is 9.58. The van der Waals surface area contributed by atoms with Crippen LogP contribution in [0.2, 0.25) is 0 Å². The van der Waals surface area contributed by atoms with Crippen molar-refractivity contribution in [3.05, 3.63) is 65.2 Å². The average molecular weight is 413 g/mol. The van der Waals surface area contributed by atoms with E-state index in [4.69, 9.17) is 10.00 Å². The molecule has 1 aliphatic heterocycles. The minimum Gasteiger partial charge on any atom is -0.479 e. The summed E-state index contributed by atoms with van der Waals surface area (Å²) in [6, 6.07) is 11.9. The Labute approximate surface area is 173 Å². The largest absolute Gasteiger partial charge is 0.479 e. The number of nitrogens with zero attached hydrogens (tertiary/aromatic N) is 2. The maximum absolute atomic E-state index is 13.8. The van der Waals surface area contributed by atoms with Crippen molar-refractivity contribution in [1.29, 1.82) is 5.26 Å². The van der Waals surface area contributed by atoms with Crippen molar-refractivity contribution in [2.45, 2.75) is 19.4 Å². The van der Waals surface area contributed by atoms with Crippen LogP contribution < -0.4 is 10.1 Å². The van der Waals surface area contributed by atoms with Gasteiger partial charge in [0.2, 0.25) is 5.91 Å². The number of halogens is 2. The topological polar surface area (TPSA) is 82.4 Å². The van der Waals surface area contributed by atoms with Crippen molar-refractivity contribution in [2.75, 3.05) is 19.7 Å². The number of amides is 2. The predicted octanol–water partition coefficient (Wildman–Crippen LogP) is 3.04. The van der Waals surface area contributed by atoms with Crippen molar-refractivity contribution in [1.82, 2.24) is 10.2 Å². The lowest BCUT2D eigenvalue weighted by Gasteiger charge is -2.31. The van der Waals surface area contributed by atoms with Crippen molar-refractivity contribution in [3.8, 4) is 11.8 Å². The molecule has 0 aliphatic carbocycles. The molecule has 156 valence electrons. The van der Waals surface area contributed by atoms with Crippen LogP contribution in [0.15, 0.2) is 42.5 Å². The zero-order valence-electron chi connectivity index (χ0n) is 16.2. The standard InChI is InChI=1S/C22H21F2N3O3/c23-17-4-5-19(20(24)13-17)22(29)27-9-6-16(7-10-27)21(28)26-14-15-2-1-3-18(12-15)30-11-8-25/h1-5,12-13,16H,6-7,9-11,14H2,(H,26,28). The fourth-order valence-electron chi connectivity index (χ4n) is 3.37. The first kappa shape index (κ1) is 21.2. The molecule has 8 heteroatoms. The number of likely N-dealkylation sites (tertiary alicyclic amines) is 1. The number of nitrogens with one attached hydrogen (secondary N) is 1. The van der Waals surface area contributed by atoms with E-state index in [9.17, 15) is 18.4 Å². The Bertz CT molecular complexity index is 966. The highest BCUT2D eigenvalue weighted by Crippen LogP contribution is 2.21. The maximum atomic E-state index is 13.8. The summed E-state index contributed by atoms with van der Waals surface area (Å²) in [4.78, 5) is 26.4. The molecule has 0 bridgehead atoms. The van der Waals surface area contributed by atoms with Crippen molar-refractivity contribution in [3.63, 3.8) is 0 Å². The smallest absolute Gasteiger partial charge is 0.256 e. The van der Waals surface area contributed by atoms with E-state index in [1.165, 1.54) is 4.90 Å². The summed E-state index contributed by atoms with van der Waals surface area (Å²) in [5.74, 6) is -1.92. The molecule has 0 saturated carbocycles. The summed E-state index contributed by atoms with van der Waals surface area (Å²) in [7, 11) is 0. The Morgan fingerprint density at radius 1 is 1.17 bits per heavy atom. The third-order valence-electron chi connectivity index (χ3n) is 4.98. The minimum atomic E-state index is -0.888. The number of hydrogen-bond donors (Lipinski definition) is 1. The molecule has 30 heavy (non-hydrogen) atoms. The van der Waals surface area contributed by atoms with Crippen LogP contribution in [-0.4, -0.2) is 36.4 Å². The van der Waals surface area contributed by atoms with Crippen LogP contribution in [0.5, 0.6) is 5.75 Å². The molecule has 1 N–H and O–H groups in total. The average Bonchev–Trinajstić information content (AvgIpc) is 2.76. The van der Waals surface area contributed by atoms with Gasteiger partial charge in [-0.1, -0.05) is 12.1 Å². The third kappa shape index (κ3) is 5.32. The van der Waals surface area contributed by atoms with Crippen LogP contribution in [0.3, 0.4) is 0 Å². The molecule has 2 amide bonds. The monoisotopic (exact) mass is 413 g/mol. The van der Waals surface area contributed by atoms with Gasteiger partial charge in [0.15, 0.2) is 6.61 Å². The summed E-state index contributed by atoms with van der Waals surface area (Å²) < 4.78 is 32.1. The van der Waals surface area contributed by atoms with Crippen LogP contribution in [0.25, 0.3) is 0 Å². The quantitative estimate of drug-likeness (QED) is 0.789. The van der Waals surface area contributed by atoms with E-state index >= 15 is 0 Å². The van der Waals surface area contributed by atoms with Crippen LogP contribution in [0.4, 0.5) is 8.78 Å². The highest BCUT2D eigenvalue weighted by molar-refractivity contribution is 5.94. The molecule has 6 nitrogen and oxygen atoms in total. The van der Waals surface area contributed by atoms with Gasteiger partial charge < -0.3 is 15.0 Å². The van der Waals surface area contributed by atoms with Gasteiger partial charge in [-0.3, -0.25) is 9.59 Å². The van der Waals surface area contributed by atoms with Gasteiger partial charge in [0.05, 0.1) is 5.56 Å². The van der Waals surface area contributed by atoms with Crippen molar-refractivity contribution >= 4 is 11.8 Å². The lowest BCUT2D eigenvalue weighted by Crippen LogP contribution is -2.43. The molecule has 2 aromatic rings. The molecular weight excluding hydrogens is 392 g/mol. The molecular formula is C22H21F2N3O3. The van der Waals surface area contributed by atoms with E-state index < -0.39 is 17.5 Å². The summed E-state index contributed by atoms with van der Waals surface area (Å²) in [5.41, 5.74) is 0.677. The third-order valence-corrected chi connectivity index (χ3v) is 4.98. The molecule has 1 fully saturated rings. The Kier molecular flexibility index (Phi) is 6.96. The van der Waals surface area contributed by atoms with Crippen LogP contribution >= 0.6 is 0 Å². The van der Waals surface area contributed by atoms with Gasteiger partial charge in [-0.2, -0.15) is 5.26 Å². The summed E-state index contributed by atoms with van der Waals surface area (Å²) in [6.45, 7) is 0.924. The number of carbonyl (C=O) groups is 2. The summed E-state index contributed by atoms with van der Waals surface area (Å²) in [5, 5.41) is 11.4. The molecule has 1 heterocycles. The molecule has 0 radical (unpaired) electrons. The van der Waals surface area contributed by atoms with Crippen LogP contribution in [0.1, 0.15) is 28.8 Å². The molecule has 1 saturated heterocycles. The fourth-order valence-corrected chi connectivity index (χ4v) is 3.37. The fraction of sp³-hybridized carbons (Fsp3) is 0.318. The Morgan fingerprint density at radius 3 is 2.63 bits per heavy atom. The Morgan fingerprint density at radius 2 is 1.93 bits per heavy atom. The van der Waals surface area contributed by atoms with Crippen LogP contribution in [0, 0.1) is 28.9 Å².